The van der Waals surface area contributed by atoms with Crippen molar-refractivity contribution in [1.29, 1.82) is 0 Å². The first-order chi connectivity index (χ1) is 6.42. The minimum Gasteiger partial charge on any atom is -0.323 e. The van der Waals surface area contributed by atoms with Crippen molar-refractivity contribution >= 4 is 0 Å². The Balaban J connectivity index is 2.13. The standard InChI is InChI=1S/C10H13N3/c1-2-3-4-13-8-12-7-10(13)9-5-11-6-9/h7-9,11H,4-6H2,1H3. The monoisotopic (exact) mass is 175 g/mol. The summed E-state index contributed by atoms with van der Waals surface area (Å²) in [5.74, 6) is 6.58. The minimum absolute atomic E-state index is 0.640. The van der Waals surface area contributed by atoms with Crippen LogP contribution in [-0.2, 0) is 6.54 Å². The van der Waals surface area contributed by atoms with Gasteiger partial charge in [0.15, 0.2) is 0 Å². The first-order valence-electron chi connectivity index (χ1n) is 4.52. The maximum Gasteiger partial charge on any atom is 0.0956 e. The van der Waals surface area contributed by atoms with Crippen LogP contribution < -0.4 is 5.32 Å². The molecule has 1 fully saturated rings. The zero-order chi connectivity index (χ0) is 9.10. The van der Waals surface area contributed by atoms with Crippen molar-refractivity contribution in [2.24, 2.45) is 0 Å². The predicted octanol–water partition coefficient (Wildman–Crippen LogP) is 0.593. The molecule has 1 aliphatic heterocycles. The molecule has 3 heteroatoms. The van der Waals surface area contributed by atoms with E-state index in [2.05, 4.69) is 26.7 Å². The topological polar surface area (TPSA) is 29.9 Å². The lowest BCUT2D eigenvalue weighted by molar-refractivity contribution is 0.428. The Bertz CT molecular complexity index is 339. The molecule has 1 aliphatic rings. The van der Waals surface area contributed by atoms with E-state index in [1.54, 1.807) is 0 Å². The summed E-state index contributed by atoms with van der Waals surface area (Å²) in [5.41, 5.74) is 1.31. The molecule has 3 nitrogen and oxygen atoms in total. The number of nitrogens with zero attached hydrogens (tertiary/aromatic N) is 2. The average molecular weight is 175 g/mol. The summed E-state index contributed by atoms with van der Waals surface area (Å²) >= 11 is 0. The third-order valence-corrected chi connectivity index (χ3v) is 2.37. The van der Waals surface area contributed by atoms with Gasteiger partial charge in [-0.25, -0.2) is 4.98 Å². The van der Waals surface area contributed by atoms with Gasteiger partial charge in [-0.2, -0.15) is 0 Å². The van der Waals surface area contributed by atoms with Crippen LogP contribution in [0.25, 0.3) is 0 Å². The van der Waals surface area contributed by atoms with Crippen LogP contribution >= 0.6 is 0 Å². The number of nitrogens with one attached hydrogen (secondary N) is 1. The molecule has 0 bridgehead atoms. The van der Waals surface area contributed by atoms with Crippen molar-refractivity contribution in [3.63, 3.8) is 0 Å². The lowest BCUT2D eigenvalue weighted by Gasteiger charge is -2.27. The van der Waals surface area contributed by atoms with Crippen LogP contribution in [0.4, 0.5) is 0 Å². The highest BCUT2D eigenvalue weighted by molar-refractivity contribution is 5.13. The fraction of sp³-hybridized carbons (Fsp3) is 0.500. The van der Waals surface area contributed by atoms with Crippen LogP contribution in [0.1, 0.15) is 18.5 Å². The second-order valence-electron chi connectivity index (χ2n) is 3.23. The molecule has 1 aromatic rings. The highest BCUT2D eigenvalue weighted by atomic mass is 15.1. The number of rotatable bonds is 2. The van der Waals surface area contributed by atoms with E-state index in [4.69, 9.17) is 0 Å². The molecule has 68 valence electrons. The van der Waals surface area contributed by atoms with E-state index >= 15 is 0 Å². The second kappa shape index (κ2) is 3.63. The second-order valence-corrected chi connectivity index (χ2v) is 3.23. The molecule has 1 aromatic heterocycles. The summed E-state index contributed by atoms with van der Waals surface area (Å²) in [5, 5.41) is 3.26. The lowest BCUT2D eigenvalue weighted by atomic mass is 10.00. The molecule has 0 radical (unpaired) electrons. The molecular formula is C10H13N3. The summed E-state index contributed by atoms with van der Waals surface area (Å²) in [4.78, 5) is 4.15. The van der Waals surface area contributed by atoms with E-state index < -0.39 is 0 Å². The number of hydrogen-bond donors (Lipinski definition) is 1. The summed E-state index contributed by atoms with van der Waals surface area (Å²) in [6.45, 7) is 4.78. The summed E-state index contributed by atoms with van der Waals surface area (Å²) in [7, 11) is 0. The van der Waals surface area contributed by atoms with Crippen LogP contribution in [0.3, 0.4) is 0 Å². The predicted molar refractivity (Wildman–Crippen MR) is 51.3 cm³/mol. The largest absolute Gasteiger partial charge is 0.323 e. The SMILES string of the molecule is CC#CCn1cncc1C1CNC1. The van der Waals surface area contributed by atoms with Crippen molar-refractivity contribution in [1.82, 2.24) is 14.9 Å². The number of aromatic nitrogens is 2. The van der Waals surface area contributed by atoms with Gasteiger partial charge in [-0.15, -0.1) is 5.92 Å². The quantitative estimate of drug-likeness (QED) is 0.667. The molecule has 0 aliphatic carbocycles. The summed E-state index contributed by atoms with van der Waals surface area (Å²) in [6, 6.07) is 0. The van der Waals surface area contributed by atoms with Crippen molar-refractivity contribution in [3.05, 3.63) is 18.2 Å². The van der Waals surface area contributed by atoms with Gasteiger partial charge < -0.3 is 9.88 Å². The third-order valence-electron chi connectivity index (χ3n) is 2.37. The summed E-state index contributed by atoms with van der Waals surface area (Å²) < 4.78 is 2.13. The molecule has 1 N–H and O–H groups in total. The van der Waals surface area contributed by atoms with Gasteiger partial charge in [0, 0.05) is 30.9 Å². The van der Waals surface area contributed by atoms with Crippen LogP contribution in [0.15, 0.2) is 12.5 Å². The van der Waals surface area contributed by atoms with Gasteiger partial charge in [0.25, 0.3) is 0 Å². The Morgan fingerprint density at radius 2 is 2.54 bits per heavy atom. The fourth-order valence-electron chi connectivity index (χ4n) is 1.47. The van der Waals surface area contributed by atoms with E-state index in [0.717, 1.165) is 19.6 Å². The molecule has 0 amide bonds. The smallest absolute Gasteiger partial charge is 0.0956 e. The van der Waals surface area contributed by atoms with Crippen molar-refractivity contribution in [2.45, 2.75) is 19.4 Å². The van der Waals surface area contributed by atoms with E-state index in [0.29, 0.717) is 5.92 Å². The van der Waals surface area contributed by atoms with Crippen LogP contribution in [0.5, 0.6) is 0 Å². The molecule has 0 aromatic carbocycles. The van der Waals surface area contributed by atoms with E-state index in [-0.39, 0.29) is 0 Å². The van der Waals surface area contributed by atoms with Gasteiger partial charge in [0.2, 0.25) is 0 Å². The molecule has 0 unspecified atom stereocenters. The highest BCUT2D eigenvalue weighted by Crippen LogP contribution is 2.18. The highest BCUT2D eigenvalue weighted by Gasteiger charge is 2.21. The van der Waals surface area contributed by atoms with Gasteiger partial charge in [0.1, 0.15) is 0 Å². The Morgan fingerprint density at radius 3 is 3.15 bits per heavy atom. The maximum absolute atomic E-state index is 4.15. The molecule has 0 spiro atoms. The first kappa shape index (κ1) is 8.33. The molecular weight excluding hydrogens is 162 g/mol. The van der Waals surface area contributed by atoms with Gasteiger partial charge in [0.05, 0.1) is 12.9 Å². The van der Waals surface area contributed by atoms with Crippen molar-refractivity contribution < 1.29 is 0 Å². The Kier molecular flexibility index (Phi) is 2.33. The molecule has 13 heavy (non-hydrogen) atoms. The maximum atomic E-state index is 4.15. The molecule has 1 saturated heterocycles. The van der Waals surface area contributed by atoms with E-state index in [1.165, 1.54) is 5.69 Å². The molecule has 0 atom stereocenters. The van der Waals surface area contributed by atoms with Gasteiger partial charge in [-0.3, -0.25) is 0 Å². The Labute approximate surface area is 78.2 Å². The van der Waals surface area contributed by atoms with Gasteiger partial charge in [-0.1, -0.05) is 5.92 Å². The van der Waals surface area contributed by atoms with Crippen LogP contribution in [0.2, 0.25) is 0 Å². The first-order valence-corrected chi connectivity index (χ1v) is 4.52. The lowest BCUT2D eigenvalue weighted by Crippen LogP contribution is -2.40. The summed E-state index contributed by atoms with van der Waals surface area (Å²) in [6.07, 6.45) is 3.81. The van der Waals surface area contributed by atoms with Crippen molar-refractivity contribution in [3.8, 4) is 11.8 Å². The number of hydrogen-bond acceptors (Lipinski definition) is 2. The zero-order valence-corrected chi connectivity index (χ0v) is 7.75. The van der Waals surface area contributed by atoms with E-state index in [9.17, 15) is 0 Å². The number of imidazole rings is 1. The van der Waals surface area contributed by atoms with Crippen LogP contribution in [0, 0.1) is 11.8 Å². The fourth-order valence-corrected chi connectivity index (χ4v) is 1.47. The average Bonchev–Trinajstić information content (AvgIpc) is 2.46. The van der Waals surface area contributed by atoms with E-state index in [1.807, 2.05) is 19.4 Å². The normalized spacial score (nSPS) is 16.1. The van der Waals surface area contributed by atoms with Crippen molar-refractivity contribution in [2.75, 3.05) is 13.1 Å². The van der Waals surface area contributed by atoms with Crippen LogP contribution in [-0.4, -0.2) is 22.6 Å². The molecule has 2 heterocycles. The zero-order valence-electron chi connectivity index (χ0n) is 7.75. The Morgan fingerprint density at radius 1 is 1.69 bits per heavy atom. The Hall–Kier alpha value is -1.27. The molecule has 0 saturated carbocycles. The van der Waals surface area contributed by atoms with Gasteiger partial charge >= 0.3 is 0 Å². The molecule has 2 rings (SSSR count). The third kappa shape index (κ3) is 1.58. The van der Waals surface area contributed by atoms with Gasteiger partial charge in [-0.05, 0) is 6.92 Å². The minimum atomic E-state index is 0.640.